The van der Waals surface area contributed by atoms with Gasteiger partial charge in [0.05, 0.1) is 21.6 Å². The number of nitrogens with one attached hydrogen (secondary N) is 2. The number of benzene rings is 1. The van der Waals surface area contributed by atoms with Crippen LogP contribution in [0.2, 0.25) is 0 Å². The Kier molecular flexibility index (Phi) is 8.31. The smallest absolute Gasteiger partial charge is 0.247 e. The van der Waals surface area contributed by atoms with Crippen LogP contribution in [0.3, 0.4) is 0 Å². The molecule has 0 spiro atoms. The van der Waals surface area contributed by atoms with Crippen LogP contribution in [0.4, 0.5) is 5.69 Å². The highest BCUT2D eigenvalue weighted by atomic mass is 127. The lowest BCUT2D eigenvalue weighted by atomic mass is 10.1. The minimum absolute atomic E-state index is 0.0169. The summed E-state index contributed by atoms with van der Waals surface area (Å²) in [5.41, 5.74) is 9.87. The van der Waals surface area contributed by atoms with Gasteiger partial charge in [0.15, 0.2) is 9.84 Å². The Bertz CT molecular complexity index is 827. The van der Waals surface area contributed by atoms with Gasteiger partial charge in [-0.1, -0.05) is 34.6 Å². The molecule has 1 rings (SSSR count). The van der Waals surface area contributed by atoms with Crippen LogP contribution in [0.1, 0.15) is 18.1 Å². The maximum Gasteiger partial charge on any atom is 0.247 e. The van der Waals surface area contributed by atoms with Gasteiger partial charge >= 0.3 is 0 Å². The number of sulfone groups is 1. The molecule has 1 aromatic carbocycles. The Morgan fingerprint density at radius 3 is 2.35 bits per heavy atom. The van der Waals surface area contributed by atoms with Crippen molar-refractivity contribution in [3.05, 3.63) is 33.7 Å². The first-order valence-corrected chi connectivity index (χ1v) is 10.8. The first-order chi connectivity index (χ1) is 12.2. The molecule has 9 nitrogen and oxygen atoms in total. The number of anilines is 1. The Labute approximate surface area is 165 Å². The predicted molar refractivity (Wildman–Crippen MR) is 107 cm³/mol. The van der Waals surface area contributed by atoms with Gasteiger partial charge in [0, 0.05) is 10.6 Å². The van der Waals surface area contributed by atoms with Crippen molar-refractivity contribution >= 4 is 49.9 Å². The maximum absolute atomic E-state index is 12.4. The van der Waals surface area contributed by atoms with Crippen molar-refractivity contribution in [3.63, 3.8) is 0 Å². The van der Waals surface area contributed by atoms with E-state index < -0.39 is 21.8 Å². The SMILES string of the molecule is CCS(=O)(=O)c1c(C)cc(NC(=O)C(CN=[N+]=[N-])NC(=O)CI)cc1C. The molecular weight excluding hydrogens is 473 g/mol. The Hall–Kier alpha value is -1.85. The molecule has 2 N–H and O–H groups in total. The van der Waals surface area contributed by atoms with Crippen LogP contribution in [-0.4, -0.2) is 43.0 Å². The number of alkyl halides is 1. The standard InChI is InChI=1S/C15H20IN5O4S/c1-4-26(24,25)14-9(2)5-11(6-10(14)3)19-15(23)12(8-18-21-17)20-13(22)7-16/h5-6,12H,4,7-8H2,1-3H3,(H,19,23)(H,20,22). The Morgan fingerprint density at radius 2 is 1.88 bits per heavy atom. The molecule has 142 valence electrons. The van der Waals surface area contributed by atoms with Crippen LogP contribution in [-0.2, 0) is 19.4 Å². The summed E-state index contributed by atoms with van der Waals surface area (Å²) in [5, 5.41) is 8.44. The van der Waals surface area contributed by atoms with E-state index in [9.17, 15) is 18.0 Å². The molecule has 0 aliphatic heterocycles. The fourth-order valence-corrected chi connectivity index (χ4v) is 4.04. The highest BCUT2D eigenvalue weighted by molar-refractivity contribution is 14.1. The molecule has 0 aliphatic carbocycles. The number of carbonyl (C=O) groups is 2. The highest BCUT2D eigenvalue weighted by Gasteiger charge is 2.22. The molecule has 0 radical (unpaired) electrons. The van der Waals surface area contributed by atoms with E-state index in [1.807, 2.05) is 22.6 Å². The molecule has 0 aliphatic rings. The first-order valence-electron chi connectivity index (χ1n) is 7.67. The number of hydrogen-bond donors (Lipinski definition) is 2. The van der Waals surface area contributed by atoms with Crippen molar-refractivity contribution in [3.8, 4) is 0 Å². The fraction of sp³-hybridized carbons (Fsp3) is 0.467. The second-order valence-corrected chi connectivity index (χ2v) is 8.48. The van der Waals surface area contributed by atoms with E-state index in [2.05, 4.69) is 20.7 Å². The van der Waals surface area contributed by atoms with E-state index in [1.165, 1.54) is 0 Å². The third-order valence-electron chi connectivity index (χ3n) is 3.52. The summed E-state index contributed by atoms with van der Waals surface area (Å²) in [6, 6.07) is 2.09. The molecule has 0 bridgehead atoms. The molecule has 26 heavy (non-hydrogen) atoms. The second-order valence-electron chi connectivity index (χ2n) is 5.50. The molecule has 1 aromatic rings. The molecule has 1 unspecified atom stereocenters. The Morgan fingerprint density at radius 1 is 1.31 bits per heavy atom. The highest BCUT2D eigenvalue weighted by Crippen LogP contribution is 2.25. The van der Waals surface area contributed by atoms with Crippen molar-refractivity contribution in [2.75, 3.05) is 22.0 Å². The second kappa shape index (κ2) is 9.74. The molecule has 11 heteroatoms. The molecular formula is C15H20IN5O4S. The lowest BCUT2D eigenvalue weighted by Gasteiger charge is -2.17. The van der Waals surface area contributed by atoms with E-state index in [-0.39, 0.29) is 27.5 Å². The van der Waals surface area contributed by atoms with E-state index in [1.54, 1.807) is 32.9 Å². The number of aryl methyl sites for hydroxylation is 2. The summed E-state index contributed by atoms with van der Waals surface area (Å²) >= 11 is 1.85. The van der Waals surface area contributed by atoms with Crippen molar-refractivity contribution in [2.24, 2.45) is 5.11 Å². The van der Waals surface area contributed by atoms with Crippen molar-refractivity contribution in [1.29, 1.82) is 0 Å². The maximum atomic E-state index is 12.4. The molecule has 1 atom stereocenters. The third-order valence-corrected chi connectivity index (χ3v) is 6.24. The van der Waals surface area contributed by atoms with Crippen molar-refractivity contribution in [2.45, 2.75) is 31.7 Å². The van der Waals surface area contributed by atoms with E-state index in [4.69, 9.17) is 5.53 Å². The zero-order valence-corrected chi connectivity index (χ0v) is 17.6. The minimum Gasteiger partial charge on any atom is -0.343 e. The van der Waals surface area contributed by atoms with E-state index in [0.717, 1.165) is 0 Å². The summed E-state index contributed by atoms with van der Waals surface area (Å²) in [7, 11) is -3.38. The topological polar surface area (TPSA) is 141 Å². The van der Waals surface area contributed by atoms with Gasteiger partial charge < -0.3 is 10.6 Å². The molecule has 0 saturated heterocycles. The predicted octanol–water partition coefficient (Wildman–Crippen LogP) is 2.27. The van der Waals surface area contributed by atoms with Gasteiger partial charge in [-0.25, -0.2) is 8.42 Å². The van der Waals surface area contributed by atoms with Gasteiger partial charge in [-0.15, -0.1) is 0 Å². The average Bonchev–Trinajstić information content (AvgIpc) is 2.57. The van der Waals surface area contributed by atoms with Gasteiger partial charge in [-0.05, 0) is 42.6 Å². The molecule has 2 amide bonds. The van der Waals surface area contributed by atoms with Gasteiger partial charge in [0.1, 0.15) is 6.04 Å². The minimum atomic E-state index is -3.38. The molecule has 0 fully saturated rings. The van der Waals surface area contributed by atoms with Crippen LogP contribution < -0.4 is 10.6 Å². The Balaban J connectivity index is 3.10. The largest absolute Gasteiger partial charge is 0.343 e. The van der Waals surface area contributed by atoms with Gasteiger partial charge in [-0.2, -0.15) is 0 Å². The summed E-state index contributed by atoms with van der Waals surface area (Å²) < 4.78 is 24.5. The normalized spacial score (nSPS) is 12.0. The van der Waals surface area contributed by atoms with Crippen LogP contribution in [0.15, 0.2) is 22.1 Å². The monoisotopic (exact) mass is 493 g/mol. The number of halogens is 1. The number of amides is 2. The summed E-state index contributed by atoms with van der Waals surface area (Å²) in [6.07, 6.45) is 0. The van der Waals surface area contributed by atoms with Crippen LogP contribution in [0, 0.1) is 13.8 Å². The van der Waals surface area contributed by atoms with Gasteiger partial charge in [-0.3, -0.25) is 9.59 Å². The first kappa shape index (κ1) is 22.2. The van der Waals surface area contributed by atoms with Gasteiger partial charge in [0.2, 0.25) is 11.8 Å². The number of azide groups is 1. The molecule has 0 heterocycles. The third kappa shape index (κ3) is 5.85. The summed E-state index contributed by atoms with van der Waals surface area (Å²) in [6.45, 7) is 4.64. The zero-order valence-electron chi connectivity index (χ0n) is 14.6. The lowest BCUT2D eigenvalue weighted by Crippen LogP contribution is -2.46. The number of hydrogen-bond acceptors (Lipinski definition) is 5. The van der Waals surface area contributed by atoms with E-state index >= 15 is 0 Å². The summed E-state index contributed by atoms with van der Waals surface area (Å²) in [5.74, 6) is -0.937. The van der Waals surface area contributed by atoms with Crippen LogP contribution in [0.5, 0.6) is 0 Å². The van der Waals surface area contributed by atoms with Crippen molar-refractivity contribution in [1.82, 2.24) is 5.32 Å². The zero-order chi connectivity index (χ0) is 19.9. The molecule has 0 aromatic heterocycles. The quantitative estimate of drug-likeness (QED) is 0.188. The number of nitrogens with zero attached hydrogens (tertiary/aromatic N) is 3. The number of carbonyl (C=O) groups excluding carboxylic acids is 2. The number of rotatable bonds is 8. The van der Waals surface area contributed by atoms with E-state index in [0.29, 0.717) is 16.8 Å². The molecule has 0 saturated carbocycles. The lowest BCUT2D eigenvalue weighted by molar-refractivity contribution is -0.124. The summed E-state index contributed by atoms with van der Waals surface area (Å²) in [4.78, 5) is 26.8. The van der Waals surface area contributed by atoms with Crippen LogP contribution >= 0.6 is 22.6 Å². The fourth-order valence-electron chi connectivity index (χ4n) is 2.43. The van der Waals surface area contributed by atoms with Crippen LogP contribution in [0.25, 0.3) is 10.4 Å². The van der Waals surface area contributed by atoms with Gasteiger partial charge in [0.25, 0.3) is 0 Å². The average molecular weight is 493 g/mol. The van der Waals surface area contributed by atoms with Crippen molar-refractivity contribution < 1.29 is 18.0 Å².